The van der Waals surface area contributed by atoms with Gasteiger partial charge in [0, 0.05) is 32.0 Å². The van der Waals surface area contributed by atoms with E-state index < -0.39 is 5.41 Å². The van der Waals surface area contributed by atoms with Crippen molar-refractivity contribution in [2.24, 2.45) is 5.41 Å². The third-order valence-corrected chi connectivity index (χ3v) is 4.14. The van der Waals surface area contributed by atoms with Crippen LogP contribution in [-0.4, -0.2) is 51.1 Å². The van der Waals surface area contributed by atoms with Gasteiger partial charge in [0.05, 0.1) is 14.2 Å². The molecule has 0 fully saturated rings. The van der Waals surface area contributed by atoms with Gasteiger partial charge >= 0.3 is 0 Å². The van der Waals surface area contributed by atoms with E-state index in [4.69, 9.17) is 9.47 Å². The summed E-state index contributed by atoms with van der Waals surface area (Å²) in [6.07, 6.45) is 1.80. The molecule has 0 aromatic heterocycles. The summed E-state index contributed by atoms with van der Waals surface area (Å²) in [7, 11) is 5.01. The zero-order chi connectivity index (χ0) is 19.7. The van der Waals surface area contributed by atoms with E-state index in [1.54, 1.807) is 26.2 Å². The van der Waals surface area contributed by atoms with Gasteiger partial charge in [-0.2, -0.15) is 0 Å². The van der Waals surface area contributed by atoms with Crippen LogP contribution in [0.2, 0.25) is 0 Å². The Hall–Kier alpha value is -2.24. The third-order valence-electron chi connectivity index (χ3n) is 4.14. The fourth-order valence-electron chi connectivity index (χ4n) is 2.36. The Bertz CT molecular complexity index is 608. The van der Waals surface area contributed by atoms with Gasteiger partial charge in [-0.15, -0.1) is 0 Å². The molecule has 1 N–H and O–H groups in total. The summed E-state index contributed by atoms with van der Waals surface area (Å²) in [5.74, 6) is 1.47. The first-order valence-corrected chi connectivity index (χ1v) is 8.92. The molecule has 0 saturated carbocycles. The number of amides is 2. The summed E-state index contributed by atoms with van der Waals surface area (Å²) in [6, 6.07) is 5.77. The van der Waals surface area contributed by atoms with Crippen LogP contribution in [0.1, 0.15) is 39.2 Å². The molecular formula is C20H32N2O4. The number of hydrogen-bond acceptors (Lipinski definition) is 4. The molecule has 0 heterocycles. The van der Waals surface area contributed by atoms with Crippen molar-refractivity contribution >= 4 is 11.8 Å². The molecule has 1 aromatic carbocycles. The molecule has 0 saturated heterocycles. The van der Waals surface area contributed by atoms with Crippen LogP contribution in [-0.2, 0) is 16.0 Å². The van der Waals surface area contributed by atoms with Crippen molar-refractivity contribution in [2.75, 3.05) is 34.4 Å². The molecule has 0 aliphatic heterocycles. The van der Waals surface area contributed by atoms with Crippen LogP contribution in [0.3, 0.4) is 0 Å². The molecule has 0 spiro atoms. The lowest BCUT2D eigenvalue weighted by atomic mass is 9.96. The number of likely N-dealkylation sites (N-methyl/N-ethyl adjacent to an activating group) is 1. The minimum absolute atomic E-state index is 0.00626. The number of benzene rings is 1. The number of ether oxygens (including phenoxy) is 2. The van der Waals surface area contributed by atoms with Crippen LogP contribution in [0, 0.1) is 5.41 Å². The minimum Gasteiger partial charge on any atom is -0.493 e. The molecule has 0 unspecified atom stereocenters. The SMILES string of the molecule is COc1ccc(CCN(C)C(=O)CCCNC(=O)C(C)(C)C)cc1OC. The lowest BCUT2D eigenvalue weighted by molar-refractivity contribution is -0.131. The van der Waals surface area contributed by atoms with Crippen LogP contribution in [0.15, 0.2) is 18.2 Å². The Labute approximate surface area is 156 Å². The van der Waals surface area contributed by atoms with Crippen LogP contribution >= 0.6 is 0 Å². The molecule has 0 radical (unpaired) electrons. The maximum Gasteiger partial charge on any atom is 0.225 e. The monoisotopic (exact) mass is 364 g/mol. The first-order valence-electron chi connectivity index (χ1n) is 8.92. The molecule has 0 bridgehead atoms. The topological polar surface area (TPSA) is 67.9 Å². The Morgan fingerprint density at radius 2 is 1.77 bits per heavy atom. The molecule has 6 nitrogen and oxygen atoms in total. The van der Waals surface area contributed by atoms with Gasteiger partial charge in [-0.1, -0.05) is 26.8 Å². The fourth-order valence-corrected chi connectivity index (χ4v) is 2.36. The van der Waals surface area contributed by atoms with Crippen LogP contribution in [0.4, 0.5) is 0 Å². The van der Waals surface area contributed by atoms with Gasteiger partial charge in [-0.05, 0) is 30.5 Å². The predicted octanol–water partition coefficient (Wildman–Crippen LogP) is 2.65. The molecule has 6 heteroatoms. The first kappa shape index (κ1) is 21.8. The highest BCUT2D eigenvalue weighted by molar-refractivity contribution is 5.81. The van der Waals surface area contributed by atoms with E-state index >= 15 is 0 Å². The number of nitrogens with zero attached hydrogens (tertiary/aromatic N) is 1. The standard InChI is InChI=1S/C20H32N2O4/c1-20(2,3)19(24)21-12-7-8-18(23)22(4)13-11-15-9-10-16(25-5)17(14-15)26-6/h9-10,14H,7-8,11-13H2,1-6H3,(H,21,24). The van der Waals surface area contributed by atoms with E-state index in [2.05, 4.69) is 5.32 Å². The number of carbonyl (C=O) groups excluding carboxylic acids is 2. The van der Waals surface area contributed by atoms with E-state index in [1.165, 1.54) is 0 Å². The maximum absolute atomic E-state index is 12.2. The molecule has 0 aliphatic carbocycles. The third kappa shape index (κ3) is 6.94. The number of methoxy groups -OCH3 is 2. The van der Waals surface area contributed by atoms with E-state index in [0.717, 1.165) is 12.0 Å². The predicted molar refractivity (Wildman–Crippen MR) is 103 cm³/mol. The van der Waals surface area contributed by atoms with Crippen molar-refractivity contribution < 1.29 is 19.1 Å². The first-order chi connectivity index (χ1) is 12.2. The summed E-state index contributed by atoms with van der Waals surface area (Å²) in [5, 5.41) is 2.86. The van der Waals surface area contributed by atoms with Gasteiger partial charge in [0.15, 0.2) is 11.5 Å². The van der Waals surface area contributed by atoms with Gasteiger partial charge in [-0.3, -0.25) is 9.59 Å². The largest absolute Gasteiger partial charge is 0.493 e. The average molecular weight is 364 g/mol. The summed E-state index contributed by atoms with van der Waals surface area (Å²) in [6.45, 7) is 6.76. The van der Waals surface area contributed by atoms with E-state index in [1.807, 2.05) is 39.0 Å². The molecule has 0 atom stereocenters. The Morgan fingerprint density at radius 3 is 2.35 bits per heavy atom. The highest BCUT2D eigenvalue weighted by Crippen LogP contribution is 2.27. The Balaban J connectivity index is 2.37. The zero-order valence-electron chi connectivity index (χ0n) is 16.8. The van der Waals surface area contributed by atoms with Crippen LogP contribution in [0.5, 0.6) is 11.5 Å². The molecule has 1 aromatic rings. The second kappa shape index (κ2) is 10.0. The number of carbonyl (C=O) groups is 2. The summed E-state index contributed by atoms with van der Waals surface area (Å²) < 4.78 is 10.5. The fraction of sp³-hybridized carbons (Fsp3) is 0.600. The zero-order valence-corrected chi connectivity index (χ0v) is 16.8. The van der Waals surface area contributed by atoms with Crippen LogP contribution < -0.4 is 14.8 Å². The number of hydrogen-bond donors (Lipinski definition) is 1. The van der Waals surface area contributed by atoms with E-state index in [-0.39, 0.29) is 11.8 Å². The van der Waals surface area contributed by atoms with E-state index in [9.17, 15) is 9.59 Å². The van der Waals surface area contributed by atoms with Crippen molar-refractivity contribution in [3.63, 3.8) is 0 Å². The number of nitrogens with one attached hydrogen (secondary N) is 1. The highest BCUT2D eigenvalue weighted by atomic mass is 16.5. The molecule has 26 heavy (non-hydrogen) atoms. The maximum atomic E-state index is 12.2. The highest BCUT2D eigenvalue weighted by Gasteiger charge is 2.20. The molecular weight excluding hydrogens is 332 g/mol. The van der Waals surface area contributed by atoms with Gasteiger partial charge in [-0.25, -0.2) is 0 Å². The Kier molecular flexibility index (Phi) is 8.42. The molecule has 0 aliphatic rings. The van der Waals surface area contributed by atoms with Crippen molar-refractivity contribution in [3.8, 4) is 11.5 Å². The quantitative estimate of drug-likeness (QED) is 0.684. The normalized spacial score (nSPS) is 11.0. The van der Waals surface area contributed by atoms with Crippen molar-refractivity contribution in [2.45, 2.75) is 40.0 Å². The summed E-state index contributed by atoms with van der Waals surface area (Å²) in [4.78, 5) is 25.7. The van der Waals surface area contributed by atoms with Gasteiger partial charge < -0.3 is 19.7 Å². The average Bonchev–Trinajstić information content (AvgIpc) is 2.61. The lowest BCUT2D eigenvalue weighted by Crippen LogP contribution is -2.36. The van der Waals surface area contributed by atoms with Crippen LogP contribution in [0.25, 0.3) is 0 Å². The second-order valence-electron chi connectivity index (χ2n) is 7.36. The smallest absolute Gasteiger partial charge is 0.225 e. The number of rotatable bonds is 9. The minimum atomic E-state index is -0.403. The molecule has 2 amide bonds. The summed E-state index contributed by atoms with van der Waals surface area (Å²) in [5.41, 5.74) is 0.681. The second-order valence-corrected chi connectivity index (χ2v) is 7.36. The lowest BCUT2D eigenvalue weighted by Gasteiger charge is -2.19. The van der Waals surface area contributed by atoms with Gasteiger partial charge in [0.2, 0.25) is 11.8 Å². The van der Waals surface area contributed by atoms with Crippen molar-refractivity contribution in [1.82, 2.24) is 10.2 Å². The van der Waals surface area contributed by atoms with Crippen molar-refractivity contribution in [3.05, 3.63) is 23.8 Å². The van der Waals surface area contributed by atoms with Gasteiger partial charge in [0.25, 0.3) is 0 Å². The van der Waals surface area contributed by atoms with Crippen molar-refractivity contribution in [1.29, 1.82) is 0 Å². The molecule has 146 valence electrons. The van der Waals surface area contributed by atoms with Gasteiger partial charge in [0.1, 0.15) is 0 Å². The van der Waals surface area contributed by atoms with E-state index in [0.29, 0.717) is 37.4 Å². The summed E-state index contributed by atoms with van der Waals surface area (Å²) >= 11 is 0. The molecule has 1 rings (SSSR count). The Morgan fingerprint density at radius 1 is 1.12 bits per heavy atom.